The van der Waals surface area contributed by atoms with Gasteiger partial charge in [0.2, 0.25) is 0 Å². The van der Waals surface area contributed by atoms with Crippen LogP contribution in [0.4, 0.5) is 0 Å². The molecule has 0 saturated carbocycles. The van der Waals surface area contributed by atoms with E-state index in [1.54, 1.807) is 0 Å². The topological polar surface area (TPSA) is 12.5 Å². The van der Waals surface area contributed by atoms with Crippen LogP contribution in [-0.4, -0.2) is 37.7 Å². The van der Waals surface area contributed by atoms with E-state index in [1.165, 1.54) is 45.3 Å². The number of nitrogens with zero attached hydrogens (tertiary/aromatic N) is 1. The van der Waals surface area contributed by atoms with Crippen LogP contribution in [0.1, 0.15) is 39.5 Å². The molecule has 2 nitrogen and oxygen atoms in total. The van der Waals surface area contributed by atoms with Crippen molar-refractivity contribution in [1.29, 1.82) is 0 Å². The van der Waals surface area contributed by atoms with Crippen LogP contribution in [-0.2, 0) is 4.74 Å². The Balaban J connectivity index is 1.68. The van der Waals surface area contributed by atoms with Crippen molar-refractivity contribution >= 4 is 0 Å². The van der Waals surface area contributed by atoms with Gasteiger partial charge in [0.15, 0.2) is 0 Å². The molecular formula is C13H25NO. The molecule has 1 unspecified atom stereocenters. The molecule has 0 N–H and O–H groups in total. The van der Waals surface area contributed by atoms with Gasteiger partial charge in [-0.1, -0.05) is 13.8 Å². The molecule has 0 aromatic carbocycles. The summed E-state index contributed by atoms with van der Waals surface area (Å²) < 4.78 is 5.55. The highest BCUT2D eigenvalue weighted by Crippen LogP contribution is 2.38. The molecule has 15 heavy (non-hydrogen) atoms. The fraction of sp³-hybridized carbons (Fsp3) is 1.00. The highest BCUT2D eigenvalue weighted by atomic mass is 16.5. The Bertz CT molecular complexity index is 197. The fourth-order valence-corrected chi connectivity index (χ4v) is 2.91. The SMILES string of the molecule is CC(C)CCCN1CCC2(CCOC2)C1. The van der Waals surface area contributed by atoms with Gasteiger partial charge in [0.1, 0.15) is 0 Å². The van der Waals surface area contributed by atoms with Gasteiger partial charge in [-0.3, -0.25) is 0 Å². The Hall–Kier alpha value is -0.0800. The first kappa shape index (κ1) is 11.4. The van der Waals surface area contributed by atoms with E-state index >= 15 is 0 Å². The third-order valence-corrected chi connectivity index (χ3v) is 3.96. The molecule has 0 amide bonds. The highest BCUT2D eigenvalue weighted by Gasteiger charge is 2.40. The van der Waals surface area contributed by atoms with Crippen molar-refractivity contribution in [2.45, 2.75) is 39.5 Å². The Morgan fingerprint density at radius 2 is 2.20 bits per heavy atom. The number of hydrogen-bond acceptors (Lipinski definition) is 2. The number of rotatable bonds is 4. The highest BCUT2D eigenvalue weighted by molar-refractivity contribution is 4.92. The molecule has 2 heteroatoms. The van der Waals surface area contributed by atoms with Gasteiger partial charge in [0.05, 0.1) is 6.61 Å². The second-order valence-corrected chi connectivity index (χ2v) is 5.86. The Morgan fingerprint density at radius 3 is 2.87 bits per heavy atom. The van der Waals surface area contributed by atoms with Gasteiger partial charge in [0.25, 0.3) is 0 Å². The summed E-state index contributed by atoms with van der Waals surface area (Å²) in [4.78, 5) is 2.65. The molecule has 0 aliphatic carbocycles. The van der Waals surface area contributed by atoms with Crippen LogP contribution in [0.5, 0.6) is 0 Å². The standard InChI is InChI=1S/C13H25NO/c1-12(2)4-3-7-14-8-5-13(10-14)6-9-15-11-13/h12H,3-11H2,1-2H3. The van der Waals surface area contributed by atoms with Crippen LogP contribution in [0.25, 0.3) is 0 Å². The second kappa shape index (κ2) is 4.84. The maximum atomic E-state index is 5.55. The summed E-state index contributed by atoms with van der Waals surface area (Å²) in [7, 11) is 0. The lowest BCUT2D eigenvalue weighted by atomic mass is 9.87. The van der Waals surface area contributed by atoms with E-state index in [1.807, 2.05) is 0 Å². The lowest BCUT2D eigenvalue weighted by Gasteiger charge is -2.22. The minimum Gasteiger partial charge on any atom is -0.381 e. The van der Waals surface area contributed by atoms with Gasteiger partial charge in [-0.05, 0) is 44.7 Å². The molecule has 2 aliphatic rings. The molecule has 0 bridgehead atoms. The molecule has 2 fully saturated rings. The molecule has 2 aliphatic heterocycles. The predicted octanol–water partition coefficient (Wildman–Crippen LogP) is 2.54. The van der Waals surface area contributed by atoms with E-state index in [9.17, 15) is 0 Å². The molecule has 2 rings (SSSR count). The molecule has 1 atom stereocenters. The minimum atomic E-state index is 0.553. The molecule has 0 radical (unpaired) electrons. The average molecular weight is 211 g/mol. The van der Waals surface area contributed by atoms with E-state index in [4.69, 9.17) is 4.74 Å². The van der Waals surface area contributed by atoms with Gasteiger partial charge in [-0.15, -0.1) is 0 Å². The van der Waals surface area contributed by atoms with E-state index < -0.39 is 0 Å². The zero-order chi connectivity index (χ0) is 10.7. The first-order valence-electron chi connectivity index (χ1n) is 6.50. The first-order chi connectivity index (χ1) is 7.20. The van der Waals surface area contributed by atoms with E-state index in [0.717, 1.165) is 19.1 Å². The van der Waals surface area contributed by atoms with Crippen molar-refractivity contribution in [3.8, 4) is 0 Å². The summed E-state index contributed by atoms with van der Waals surface area (Å²) in [5.74, 6) is 0.858. The molecule has 1 spiro atoms. The normalized spacial score (nSPS) is 32.2. The van der Waals surface area contributed by atoms with Crippen LogP contribution >= 0.6 is 0 Å². The molecule has 0 aromatic heterocycles. The Morgan fingerprint density at radius 1 is 1.33 bits per heavy atom. The van der Waals surface area contributed by atoms with E-state index in [-0.39, 0.29) is 0 Å². The summed E-state index contributed by atoms with van der Waals surface area (Å²) in [6.45, 7) is 10.6. The Kier molecular flexibility index (Phi) is 3.68. The average Bonchev–Trinajstić information content (AvgIpc) is 2.78. The zero-order valence-electron chi connectivity index (χ0n) is 10.3. The molecule has 2 heterocycles. The summed E-state index contributed by atoms with van der Waals surface area (Å²) in [5.41, 5.74) is 0.553. The smallest absolute Gasteiger partial charge is 0.0536 e. The second-order valence-electron chi connectivity index (χ2n) is 5.86. The van der Waals surface area contributed by atoms with Crippen molar-refractivity contribution in [2.24, 2.45) is 11.3 Å². The lowest BCUT2D eigenvalue weighted by molar-refractivity contribution is 0.152. The summed E-state index contributed by atoms with van der Waals surface area (Å²) in [6, 6.07) is 0. The van der Waals surface area contributed by atoms with Crippen LogP contribution in [0.15, 0.2) is 0 Å². The number of likely N-dealkylation sites (tertiary alicyclic amines) is 1. The summed E-state index contributed by atoms with van der Waals surface area (Å²) >= 11 is 0. The molecular weight excluding hydrogens is 186 g/mol. The first-order valence-corrected chi connectivity index (χ1v) is 6.50. The van der Waals surface area contributed by atoms with E-state index in [0.29, 0.717) is 5.41 Å². The quantitative estimate of drug-likeness (QED) is 0.708. The van der Waals surface area contributed by atoms with Gasteiger partial charge < -0.3 is 9.64 Å². The van der Waals surface area contributed by atoms with Crippen molar-refractivity contribution in [1.82, 2.24) is 4.90 Å². The van der Waals surface area contributed by atoms with Gasteiger partial charge in [-0.2, -0.15) is 0 Å². The Labute approximate surface area is 94.0 Å². The van der Waals surface area contributed by atoms with Crippen LogP contribution in [0, 0.1) is 11.3 Å². The van der Waals surface area contributed by atoms with Crippen molar-refractivity contribution in [2.75, 3.05) is 32.8 Å². The lowest BCUT2D eigenvalue weighted by Crippen LogP contribution is -2.28. The van der Waals surface area contributed by atoms with Crippen LogP contribution in [0.2, 0.25) is 0 Å². The minimum absolute atomic E-state index is 0.553. The maximum absolute atomic E-state index is 5.55. The van der Waals surface area contributed by atoms with Gasteiger partial charge in [-0.25, -0.2) is 0 Å². The molecule has 2 saturated heterocycles. The van der Waals surface area contributed by atoms with Crippen molar-refractivity contribution < 1.29 is 4.74 Å². The molecule has 0 aromatic rings. The largest absolute Gasteiger partial charge is 0.381 e. The summed E-state index contributed by atoms with van der Waals surface area (Å²) in [5, 5.41) is 0. The zero-order valence-corrected chi connectivity index (χ0v) is 10.3. The number of ether oxygens (including phenoxy) is 1. The van der Waals surface area contributed by atoms with E-state index in [2.05, 4.69) is 18.7 Å². The maximum Gasteiger partial charge on any atom is 0.0536 e. The monoisotopic (exact) mass is 211 g/mol. The van der Waals surface area contributed by atoms with Crippen molar-refractivity contribution in [3.63, 3.8) is 0 Å². The third-order valence-electron chi connectivity index (χ3n) is 3.96. The fourth-order valence-electron chi connectivity index (χ4n) is 2.91. The predicted molar refractivity (Wildman–Crippen MR) is 63.0 cm³/mol. The molecule has 88 valence electrons. The van der Waals surface area contributed by atoms with Gasteiger partial charge in [0, 0.05) is 18.6 Å². The summed E-state index contributed by atoms with van der Waals surface area (Å²) in [6.07, 6.45) is 5.41. The van der Waals surface area contributed by atoms with Crippen LogP contribution < -0.4 is 0 Å². The third kappa shape index (κ3) is 2.94. The van der Waals surface area contributed by atoms with Gasteiger partial charge >= 0.3 is 0 Å². The van der Waals surface area contributed by atoms with Crippen molar-refractivity contribution in [3.05, 3.63) is 0 Å². The number of hydrogen-bond donors (Lipinski definition) is 0. The van der Waals surface area contributed by atoms with Crippen LogP contribution in [0.3, 0.4) is 0 Å².